The van der Waals surface area contributed by atoms with Crippen LogP contribution in [0.4, 0.5) is 4.79 Å². The zero-order chi connectivity index (χ0) is 18.9. The van der Waals surface area contributed by atoms with E-state index in [1.807, 2.05) is 25.8 Å². The minimum absolute atomic E-state index is 0.238. The zero-order valence-electron chi connectivity index (χ0n) is 16.0. The Hall–Kier alpha value is -2.13. The Bertz CT molecular complexity index is 673. The van der Waals surface area contributed by atoms with Crippen molar-refractivity contribution >= 4 is 12.0 Å². The summed E-state index contributed by atoms with van der Waals surface area (Å²) < 4.78 is 5.44. The average Bonchev–Trinajstić information content (AvgIpc) is 2.98. The molecule has 1 aromatic heterocycles. The summed E-state index contributed by atoms with van der Waals surface area (Å²) in [6, 6.07) is 0. The number of aromatic amines is 1. The molecule has 2 amide bonds. The highest BCUT2D eigenvalue weighted by molar-refractivity contribution is 5.93. The second kappa shape index (κ2) is 7.24. The van der Waals surface area contributed by atoms with Gasteiger partial charge < -0.3 is 14.5 Å². The first-order chi connectivity index (χ1) is 12.2. The van der Waals surface area contributed by atoms with E-state index in [1.165, 1.54) is 0 Å². The van der Waals surface area contributed by atoms with Gasteiger partial charge in [-0.1, -0.05) is 0 Å². The Kier molecular flexibility index (Phi) is 5.19. The third-order valence-corrected chi connectivity index (χ3v) is 4.56. The monoisotopic (exact) mass is 364 g/mol. The molecule has 0 bridgehead atoms. The van der Waals surface area contributed by atoms with Gasteiger partial charge in [-0.25, -0.2) is 9.80 Å². The molecule has 0 aliphatic carbocycles. The summed E-state index contributed by atoms with van der Waals surface area (Å²) in [5.41, 5.74) is 4.41. The van der Waals surface area contributed by atoms with Crippen LogP contribution in [-0.4, -0.2) is 82.4 Å². The molecule has 2 aliphatic heterocycles. The number of nitrogens with zero attached hydrogens (tertiary/aromatic N) is 4. The van der Waals surface area contributed by atoms with Crippen LogP contribution in [0, 0.1) is 0 Å². The van der Waals surface area contributed by atoms with Crippen LogP contribution in [0.5, 0.6) is 0 Å². The van der Waals surface area contributed by atoms with Crippen molar-refractivity contribution < 1.29 is 14.3 Å². The number of likely N-dealkylation sites (N-methyl/N-ethyl adjacent to an activating group) is 1. The first-order valence-electron chi connectivity index (χ1n) is 9.01. The molecule has 3 rings (SSSR count). The van der Waals surface area contributed by atoms with E-state index >= 15 is 0 Å². The fourth-order valence-corrected chi connectivity index (χ4v) is 3.08. The van der Waals surface area contributed by atoms with Gasteiger partial charge in [-0.05, 0) is 27.8 Å². The van der Waals surface area contributed by atoms with Crippen LogP contribution in [0.15, 0.2) is 0 Å². The first-order valence-corrected chi connectivity index (χ1v) is 9.01. The number of ether oxygens (including phenoxy) is 1. The average molecular weight is 364 g/mol. The molecule has 9 nitrogen and oxygen atoms in total. The van der Waals surface area contributed by atoms with Crippen LogP contribution in [0.1, 0.15) is 42.5 Å². The number of hydrogen-bond donors (Lipinski definition) is 2. The van der Waals surface area contributed by atoms with Gasteiger partial charge in [0, 0.05) is 50.4 Å². The van der Waals surface area contributed by atoms with Gasteiger partial charge in [0.1, 0.15) is 5.60 Å². The normalized spacial score (nSPS) is 19.2. The van der Waals surface area contributed by atoms with Crippen molar-refractivity contribution in [2.45, 2.75) is 39.3 Å². The summed E-state index contributed by atoms with van der Waals surface area (Å²) in [7, 11) is 2.06. The van der Waals surface area contributed by atoms with Gasteiger partial charge in [-0.3, -0.25) is 15.3 Å². The largest absolute Gasteiger partial charge is 0.444 e. The summed E-state index contributed by atoms with van der Waals surface area (Å²) in [6.45, 7) is 9.76. The van der Waals surface area contributed by atoms with Crippen molar-refractivity contribution in [3.8, 4) is 0 Å². The highest BCUT2D eigenvalue weighted by Gasteiger charge is 2.31. The topological polar surface area (TPSA) is 93.8 Å². The molecule has 2 N–H and O–H groups in total. The van der Waals surface area contributed by atoms with Crippen molar-refractivity contribution in [3.63, 3.8) is 0 Å². The molecule has 3 heterocycles. The zero-order valence-corrected chi connectivity index (χ0v) is 16.0. The Labute approximate surface area is 153 Å². The Morgan fingerprint density at radius 3 is 2.50 bits per heavy atom. The van der Waals surface area contributed by atoms with E-state index in [1.54, 1.807) is 4.90 Å². The van der Waals surface area contributed by atoms with Crippen molar-refractivity contribution in [3.05, 3.63) is 17.0 Å². The quantitative estimate of drug-likeness (QED) is 0.798. The Morgan fingerprint density at radius 2 is 1.85 bits per heavy atom. The summed E-state index contributed by atoms with van der Waals surface area (Å²) in [5.74, 6) is -0.238. The number of H-pyrrole nitrogens is 1. The number of hydrogen-bond acceptors (Lipinski definition) is 6. The van der Waals surface area contributed by atoms with Gasteiger partial charge in [0.05, 0.1) is 6.54 Å². The van der Waals surface area contributed by atoms with Crippen LogP contribution in [0.25, 0.3) is 0 Å². The Morgan fingerprint density at radius 1 is 1.15 bits per heavy atom. The highest BCUT2D eigenvalue weighted by Crippen LogP contribution is 2.22. The molecule has 0 aromatic carbocycles. The third-order valence-electron chi connectivity index (χ3n) is 4.56. The molecular weight excluding hydrogens is 336 g/mol. The molecule has 0 radical (unpaired) electrons. The molecule has 144 valence electrons. The van der Waals surface area contributed by atoms with E-state index < -0.39 is 5.60 Å². The van der Waals surface area contributed by atoms with E-state index in [9.17, 15) is 9.59 Å². The molecule has 0 atom stereocenters. The second-order valence-electron chi connectivity index (χ2n) is 7.91. The Balaban J connectivity index is 1.66. The maximum atomic E-state index is 12.6. The lowest BCUT2D eigenvalue weighted by Crippen LogP contribution is -2.52. The van der Waals surface area contributed by atoms with Crippen LogP contribution in [-0.2, 0) is 17.7 Å². The molecular formula is C17H28N6O3. The number of fused-ring (bicyclic) bond motifs is 1. The number of carbonyl (C=O) groups is 2. The van der Waals surface area contributed by atoms with E-state index in [4.69, 9.17) is 4.74 Å². The maximum Gasteiger partial charge on any atom is 0.410 e. The number of hydrazine groups is 1. The third kappa shape index (κ3) is 4.34. The molecule has 2 aliphatic rings. The number of rotatable bonds is 2. The van der Waals surface area contributed by atoms with Crippen LogP contribution in [0.3, 0.4) is 0 Å². The molecule has 1 fully saturated rings. The SMILES string of the molecule is CN1CCN(NC(=O)c2n[nH]c3c2CN(C(=O)OC(C)(C)C)CC3)CC1. The smallest absolute Gasteiger partial charge is 0.410 e. The highest BCUT2D eigenvalue weighted by atomic mass is 16.6. The molecule has 26 heavy (non-hydrogen) atoms. The number of nitrogens with one attached hydrogen (secondary N) is 2. The summed E-state index contributed by atoms with van der Waals surface area (Å²) in [6.07, 6.45) is 0.262. The number of piperazine rings is 1. The first kappa shape index (κ1) is 18.7. The van der Waals surface area contributed by atoms with Gasteiger partial charge in [-0.2, -0.15) is 5.10 Å². The molecule has 1 saturated heterocycles. The van der Waals surface area contributed by atoms with E-state index in [-0.39, 0.29) is 12.0 Å². The molecule has 0 spiro atoms. The summed E-state index contributed by atoms with van der Waals surface area (Å²) in [4.78, 5) is 28.8. The lowest BCUT2D eigenvalue weighted by atomic mass is 10.1. The molecule has 0 unspecified atom stereocenters. The van der Waals surface area contributed by atoms with E-state index in [0.717, 1.165) is 37.4 Å². The number of carbonyl (C=O) groups excluding carboxylic acids is 2. The lowest BCUT2D eigenvalue weighted by molar-refractivity contribution is 0.0222. The molecule has 0 saturated carbocycles. The van der Waals surface area contributed by atoms with Gasteiger partial charge in [0.15, 0.2) is 5.69 Å². The van der Waals surface area contributed by atoms with E-state index in [0.29, 0.717) is 25.2 Å². The predicted octanol–water partition coefficient (Wildman–Crippen LogP) is 0.595. The minimum Gasteiger partial charge on any atom is -0.444 e. The van der Waals surface area contributed by atoms with Crippen molar-refractivity contribution in [1.82, 2.24) is 30.4 Å². The summed E-state index contributed by atoms with van der Waals surface area (Å²) >= 11 is 0. The van der Waals surface area contributed by atoms with Gasteiger partial charge in [0.2, 0.25) is 0 Å². The van der Waals surface area contributed by atoms with Crippen LogP contribution >= 0.6 is 0 Å². The van der Waals surface area contributed by atoms with Gasteiger partial charge in [0.25, 0.3) is 5.91 Å². The lowest BCUT2D eigenvalue weighted by Gasteiger charge is -2.32. The number of aromatic nitrogens is 2. The van der Waals surface area contributed by atoms with E-state index in [2.05, 4.69) is 27.6 Å². The van der Waals surface area contributed by atoms with Crippen molar-refractivity contribution in [2.75, 3.05) is 39.8 Å². The fourth-order valence-electron chi connectivity index (χ4n) is 3.08. The molecule has 1 aromatic rings. The predicted molar refractivity (Wildman–Crippen MR) is 95.5 cm³/mol. The molecule has 9 heteroatoms. The van der Waals surface area contributed by atoms with Gasteiger partial charge in [-0.15, -0.1) is 0 Å². The number of amides is 2. The minimum atomic E-state index is -0.546. The van der Waals surface area contributed by atoms with Crippen molar-refractivity contribution in [2.24, 2.45) is 0 Å². The second-order valence-corrected chi connectivity index (χ2v) is 7.91. The maximum absolute atomic E-state index is 12.6. The standard InChI is InChI=1S/C17H28N6O3/c1-17(2,3)26-16(25)22-6-5-13-12(11-22)14(19-18-13)15(24)20-23-9-7-21(4)8-10-23/h5-11H2,1-4H3,(H,18,19)(H,20,24). The van der Waals surface area contributed by atoms with Crippen molar-refractivity contribution in [1.29, 1.82) is 0 Å². The van der Waals surface area contributed by atoms with Crippen LogP contribution in [0.2, 0.25) is 0 Å². The fraction of sp³-hybridized carbons (Fsp3) is 0.706. The van der Waals surface area contributed by atoms with Gasteiger partial charge >= 0.3 is 6.09 Å². The summed E-state index contributed by atoms with van der Waals surface area (Å²) in [5, 5.41) is 9.05. The van der Waals surface area contributed by atoms with Crippen LogP contribution < -0.4 is 5.43 Å².